The molecule has 18 heavy (non-hydrogen) atoms. The molecule has 2 heterocycles. The van der Waals surface area contributed by atoms with Gasteiger partial charge in [0, 0.05) is 37.0 Å². The molecular formula is C13H21ClN2OS. The second-order valence-corrected chi connectivity index (χ2v) is 5.66. The molecule has 2 rings (SSSR count). The molecule has 1 aromatic rings. The van der Waals surface area contributed by atoms with Crippen molar-refractivity contribution < 1.29 is 4.79 Å². The summed E-state index contributed by atoms with van der Waals surface area (Å²) in [6.45, 7) is 4.78. The van der Waals surface area contributed by atoms with Crippen LogP contribution >= 0.6 is 23.7 Å². The lowest BCUT2D eigenvalue weighted by atomic mass is 10.1. The minimum atomic E-state index is 0. The second-order valence-electron chi connectivity index (χ2n) is 4.63. The molecule has 1 aliphatic rings. The van der Waals surface area contributed by atoms with Crippen molar-refractivity contribution in [3.63, 3.8) is 0 Å². The van der Waals surface area contributed by atoms with Gasteiger partial charge in [0.15, 0.2) is 0 Å². The number of aryl methyl sites for hydroxylation is 1. The van der Waals surface area contributed by atoms with Crippen molar-refractivity contribution in [3.8, 4) is 0 Å². The number of amides is 1. The van der Waals surface area contributed by atoms with Gasteiger partial charge in [0.2, 0.25) is 5.91 Å². The highest BCUT2D eigenvalue weighted by Gasteiger charge is 2.19. The number of hydrogen-bond acceptors (Lipinski definition) is 3. The SMILES string of the molecule is CC1CN(C(=O)CCCc2cccs2)CCN1.Cl. The fourth-order valence-electron chi connectivity index (χ4n) is 2.19. The highest BCUT2D eigenvalue weighted by Crippen LogP contribution is 2.13. The molecule has 3 nitrogen and oxygen atoms in total. The van der Waals surface area contributed by atoms with E-state index >= 15 is 0 Å². The van der Waals surface area contributed by atoms with Gasteiger partial charge in [-0.15, -0.1) is 23.7 Å². The number of halogens is 1. The van der Waals surface area contributed by atoms with E-state index in [1.54, 1.807) is 11.3 Å². The van der Waals surface area contributed by atoms with Gasteiger partial charge >= 0.3 is 0 Å². The minimum absolute atomic E-state index is 0. The number of nitrogens with one attached hydrogen (secondary N) is 1. The van der Waals surface area contributed by atoms with Gasteiger partial charge in [0.05, 0.1) is 0 Å². The third kappa shape index (κ3) is 4.59. The van der Waals surface area contributed by atoms with Gasteiger partial charge in [0.1, 0.15) is 0 Å². The van der Waals surface area contributed by atoms with E-state index in [-0.39, 0.29) is 12.4 Å². The van der Waals surface area contributed by atoms with E-state index in [9.17, 15) is 4.79 Å². The molecule has 0 saturated carbocycles. The van der Waals surface area contributed by atoms with Crippen LogP contribution in [0.25, 0.3) is 0 Å². The highest BCUT2D eigenvalue weighted by atomic mass is 35.5. The molecule has 1 N–H and O–H groups in total. The van der Waals surface area contributed by atoms with Crippen LogP contribution in [0.5, 0.6) is 0 Å². The van der Waals surface area contributed by atoms with Crippen LogP contribution in [0.2, 0.25) is 0 Å². The Bertz CT molecular complexity index is 356. The van der Waals surface area contributed by atoms with Crippen molar-refractivity contribution in [1.29, 1.82) is 0 Å². The standard InChI is InChI=1S/C13H20N2OS.ClH/c1-11-10-15(8-7-14-11)13(16)6-2-4-12-5-3-9-17-12;/h3,5,9,11,14H,2,4,6-8,10H2,1H3;1H. The molecule has 0 spiro atoms. The summed E-state index contributed by atoms with van der Waals surface area (Å²) in [5.74, 6) is 0.315. The van der Waals surface area contributed by atoms with E-state index in [4.69, 9.17) is 0 Å². The van der Waals surface area contributed by atoms with E-state index in [0.29, 0.717) is 18.4 Å². The number of piperazine rings is 1. The molecule has 1 atom stereocenters. The Kier molecular flexibility index (Phi) is 6.68. The van der Waals surface area contributed by atoms with Crippen LogP contribution in [0.1, 0.15) is 24.6 Å². The molecule has 1 amide bonds. The summed E-state index contributed by atoms with van der Waals surface area (Å²) in [5, 5.41) is 5.45. The first-order valence-corrected chi connectivity index (χ1v) is 7.17. The first-order valence-electron chi connectivity index (χ1n) is 6.29. The summed E-state index contributed by atoms with van der Waals surface area (Å²) in [4.78, 5) is 15.4. The molecule has 1 unspecified atom stereocenters. The van der Waals surface area contributed by atoms with E-state index < -0.39 is 0 Å². The Morgan fingerprint density at radius 3 is 3.11 bits per heavy atom. The quantitative estimate of drug-likeness (QED) is 0.922. The largest absolute Gasteiger partial charge is 0.340 e. The Balaban J connectivity index is 0.00000162. The molecule has 1 aliphatic heterocycles. The van der Waals surface area contributed by atoms with Crippen LogP contribution in [-0.2, 0) is 11.2 Å². The van der Waals surface area contributed by atoms with Crippen LogP contribution in [-0.4, -0.2) is 36.5 Å². The number of rotatable bonds is 4. The third-order valence-corrected chi connectivity index (χ3v) is 4.05. The first kappa shape index (κ1) is 15.5. The monoisotopic (exact) mass is 288 g/mol. The predicted octanol–water partition coefficient (Wildman–Crippen LogP) is 2.31. The molecule has 1 aromatic heterocycles. The fraction of sp³-hybridized carbons (Fsp3) is 0.615. The smallest absolute Gasteiger partial charge is 0.222 e. The van der Waals surface area contributed by atoms with Gasteiger partial charge in [0.25, 0.3) is 0 Å². The number of hydrogen-bond donors (Lipinski definition) is 1. The van der Waals surface area contributed by atoms with Gasteiger partial charge < -0.3 is 10.2 Å². The summed E-state index contributed by atoms with van der Waals surface area (Å²) in [6.07, 6.45) is 2.69. The zero-order valence-corrected chi connectivity index (χ0v) is 12.4. The number of carbonyl (C=O) groups is 1. The van der Waals surface area contributed by atoms with E-state index in [1.165, 1.54) is 4.88 Å². The molecule has 102 valence electrons. The zero-order valence-electron chi connectivity index (χ0n) is 10.7. The molecule has 1 saturated heterocycles. The summed E-state index contributed by atoms with van der Waals surface area (Å²) in [6, 6.07) is 4.65. The summed E-state index contributed by atoms with van der Waals surface area (Å²) >= 11 is 1.78. The zero-order chi connectivity index (χ0) is 12.1. The third-order valence-electron chi connectivity index (χ3n) is 3.12. The molecular weight excluding hydrogens is 268 g/mol. The average molecular weight is 289 g/mol. The predicted molar refractivity (Wildman–Crippen MR) is 78.5 cm³/mol. The number of carbonyl (C=O) groups excluding carboxylic acids is 1. The normalized spacial score (nSPS) is 19.4. The molecule has 1 fully saturated rings. The van der Waals surface area contributed by atoms with Crippen LogP contribution in [0.3, 0.4) is 0 Å². The number of nitrogens with zero attached hydrogens (tertiary/aromatic N) is 1. The Labute approximate surface area is 119 Å². The van der Waals surface area contributed by atoms with Gasteiger partial charge in [-0.1, -0.05) is 6.07 Å². The second kappa shape index (κ2) is 7.77. The maximum absolute atomic E-state index is 12.0. The van der Waals surface area contributed by atoms with Gasteiger partial charge in [-0.25, -0.2) is 0 Å². The fourth-order valence-corrected chi connectivity index (χ4v) is 2.94. The molecule has 0 radical (unpaired) electrons. The van der Waals surface area contributed by atoms with E-state index in [2.05, 4.69) is 29.8 Å². The Morgan fingerprint density at radius 1 is 1.61 bits per heavy atom. The van der Waals surface area contributed by atoms with Crippen molar-refractivity contribution in [2.75, 3.05) is 19.6 Å². The average Bonchev–Trinajstić information content (AvgIpc) is 2.82. The molecule has 5 heteroatoms. The lowest BCUT2D eigenvalue weighted by Gasteiger charge is -2.32. The maximum atomic E-state index is 12.0. The van der Waals surface area contributed by atoms with Gasteiger partial charge in [-0.3, -0.25) is 4.79 Å². The number of thiophene rings is 1. The van der Waals surface area contributed by atoms with Crippen LogP contribution in [0.4, 0.5) is 0 Å². The van der Waals surface area contributed by atoms with Gasteiger partial charge in [-0.05, 0) is 31.2 Å². The molecule has 0 aromatic carbocycles. The van der Waals surface area contributed by atoms with Crippen molar-refractivity contribution in [2.24, 2.45) is 0 Å². The van der Waals surface area contributed by atoms with Crippen LogP contribution in [0, 0.1) is 0 Å². The highest BCUT2D eigenvalue weighted by molar-refractivity contribution is 7.09. The lowest BCUT2D eigenvalue weighted by Crippen LogP contribution is -2.51. The molecule has 0 bridgehead atoms. The van der Waals surface area contributed by atoms with E-state index in [1.807, 2.05) is 4.90 Å². The first-order chi connectivity index (χ1) is 8.25. The Morgan fingerprint density at radius 2 is 2.44 bits per heavy atom. The van der Waals surface area contributed by atoms with Crippen LogP contribution < -0.4 is 5.32 Å². The van der Waals surface area contributed by atoms with E-state index in [0.717, 1.165) is 32.5 Å². The van der Waals surface area contributed by atoms with Crippen molar-refractivity contribution in [3.05, 3.63) is 22.4 Å². The van der Waals surface area contributed by atoms with Gasteiger partial charge in [-0.2, -0.15) is 0 Å². The van der Waals surface area contributed by atoms with Crippen molar-refractivity contribution in [1.82, 2.24) is 10.2 Å². The maximum Gasteiger partial charge on any atom is 0.222 e. The van der Waals surface area contributed by atoms with Crippen molar-refractivity contribution >= 4 is 29.7 Å². The minimum Gasteiger partial charge on any atom is -0.340 e. The topological polar surface area (TPSA) is 32.3 Å². The summed E-state index contributed by atoms with van der Waals surface area (Å²) in [5.41, 5.74) is 0. The van der Waals surface area contributed by atoms with Crippen molar-refractivity contribution in [2.45, 2.75) is 32.2 Å². The summed E-state index contributed by atoms with van der Waals surface area (Å²) in [7, 11) is 0. The van der Waals surface area contributed by atoms with Crippen LogP contribution in [0.15, 0.2) is 17.5 Å². The molecule has 0 aliphatic carbocycles. The lowest BCUT2D eigenvalue weighted by molar-refractivity contribution is -0.132. The Hall–Kier alpha value is -0.580. The summed E-state index contributed by atoms with van der Waals surface area (Å²) < 4.78 is 0.